The fourth-order valence-electron chi connectivity index (χ4n) is 8.28. The van der Waals surface area contributed by atoms with E-state index in [1.54, 1.807) is 0 Å². The van der Waals surface area contributed by atoms with Crippen LogP contribution in [-0.4, -0.2) is 12.3 Å². The van der Waals surface area contributed by atoms with E-state index in [0.29, 0.717) is 20.1 Å². The Morgan fingerprint density at radius 3 is 0.500 bits per heavy atom. The fraction of sp³-hybridized carbons (Fsp3) is 0. The van der Waals surface area contributed by atoms with Crippen LogP contribution in [0.2, 0.25) is 20.1 Å². The first-order chi connectivity index (χ1) is 26.4. The first-order valence-corrected chi connectivity index (χ1v) is 19.5. The van der Waals surface area contributed by atoms with E-state index in [9.17, 15) is 0 Å². The highest BCUT2D eigenvalue weighted by Gasteiger charge is 2.32. The standard InChI is InChI=1S/C24H16BCl4.C24H20B/c26-21-9-1-17(2-10-21)25(18-3-11-22(27)12-4-18,19-5-13-23(28)14-6-19)20-7-15-24(29)16-8-20;1-5-13-21(14-6-1)25(22-15-7-2-8-16-22,23-17-9-3-10-18-23)24-19-11-4-12-20-24/h1-16H;1-20H/q2*-1. The maximum absolute atomic E-state index is 6.22. The first-order valence-electron chi connectivity index (χ1n) is 18.0. The molecule has 0 heterocycles. The molecule has 0 radical (unpaired) electrons. The van der Waals surface area contributed by atoms with E-state index in [4.69, 9.17) is 46.4 Å². The summed E-state index contributed by atoms with van der Waals surface area (Å²) in [6, 6.07) is 75.6. The fourth-order valence-corrected chi connectivity index (χ4v) is 8.79. The number of hydrogen-bond donors (Lipinski definition) is 0. The molecule has 0 aromatic heterocycles. The molecule has 0 saturated carbocycles. The predicted molar refractivity (Wildman–Crippen MR) is 240 cm³/mol. The molecule has 6 heteroatoms. The van der Waals surface area contributed by atoms with E-state index in [1.165, 1.54) is 21.9 Å². The first kappa shape index (κ1) is 37.4. The van der Waals surface area contributed by atoms with Crippen molar-refractivity contribution in [3.05, 3.63) is 238 Å². The van der Waals surface area contributed by atoms with Gasteiger partial charge in [-0.15, -0.1) is 0 Å². The molecule has 0 aliphatic rings. The Bertz CT molecular complexity index is 2020. The predicted octanol–water partition coefficient (Wildman–Crippen LogP) is 8.74. The van der Waals surface area contributed by atoms with Gasteiger partial charge in [-0.2, -0.15) is 43.7 Å². The third-order valence-corrected chi connectivity index (χ3v) is 11.7. The monoisotopic (exact) mass is 774 g/mol. The molecule has 8 aromatic rings. The van der Waals surface area contributed by atoms with Gasteiger partial charge in [0.15, 0.2) is 0 Å². The topological polar surface area (TPSA) is 0 Å². The van der Waals surface area contributed by atoms with Crippen LogP contribution in [0.25, 0.3) is 0 Å². The third-order valence-electron chi connectivity index (χ3n) is 10.7. The Balaban J connectivity index is 0.000000168. The van der Waals surface area contributed by atoms with Crippen LogP contribution in [0.15, 0.2) is 218 Å². The Morgan fingerprint density at radius 1 is 0.185 bits per heavy atom. The van der Waals surface area contributed by atoms with Crippen LogP contribution >= 0.6 is 46.4 Å². The Kier molecular flexibility index (Phi) is 11.8. The van der Waals surface area contributed by atoms with Crippen LogP contribution in [0.4, 0.5) is 0 Å². The molecule has 0 bridgehead atoms. The lowest BCUT2D eigenvalue weighted by atomic mass is 9.13. The minimum atomic E-state index is -1.51. The van der Waals surface area contributed by atoms with Crippen molar-refractivity contribution in [1.82, 2.24) is 0 Å². The molecule has 0 unspecified atom stereocenters. The second kappa shape index (κ2) is 17.0. The highest BCUT2D eigenvalue weighted by atomic mass is 35.5. The molecule has 0 spiro atoms. The van der Waals surface area contributed by atoms with Crippen molar-refractivity contribution in [3.8, 4) is 0 Å². The number of rotatable bonds is 8. The lowest BCUT2D eigenvalue weighted by molar-refractivity contribution is 1.66. The Morgan fingerprint density at radius 2 is 0.333 bits per heavy atom. The molecule has 0 fully saturated rings. The smallest absolute Gasteiger partial charge is 0.108 e. The summed E-state index contributed by atoms with van der Waals surface area (Å²) in [6.45, 7) is 0. The van der Waals surface area contributed by atoms with E-state index in [0.717, 1.165) is 21.9 Å². The zero-order chi connectivity index (χ0) is 37.4. The third kappa shape index (κ3) is 7.54. The molecule has 0 atom stereocenters. The van der Waals surface area contributed by atoms with Gasteiger partial charge in [0, 0.05) is 20.1 Å². The molecule has 8 aromatic carbocycles. The Hall–Kier alpha value is -4.95. The molecule has 264 valence electrons. The molecule has 8 rings (SSSR count). The quantitative estimate of drug-likeness (QED) is 0.136. The van der Waals surface area contributed by atoms with Crippen molar-refractivity contribution in [2.45, 2.75) is 0 Å². The second-order valence-corrected chi connectivity index (χ2v) is 15.3. The summed E-state index contributed by atoms with van der Waals surface area (Å²) in [5.74, 6) is 0. The number of benzene rings is 8. The second-order valence-electron chi connectivity index (χ2n) is 13.6. The summed E-state index contributed by atoms with van der Waals surface area (Å²) in [6.07, 6.45) is -2.72. The Labute approximate surface area is 338 Å². The lowest BCUT2D eigenvalue weighted by Gasteiger charge is -2.44. The van der Waals surface area contributed by atoms with Gasteiger partial charge < -0.3 is 0 Å². The minimum Gasteiger partial charge on any atom is -0.195 e. The van der Waals surface area contributed by atoms with Gasteiger partial charge in [0.2, 0.25) is 0 Å². The van der Waals surface area contributed by atoms with E-state index in [1.807, 2.05) is 48.5 Å². The largest absolute Gasteiger partial charge is 0.195 e. The average molecular weight is 776 g/mol. The van der Waals surface area contributed by atoms with Crippen molar-refractivity contribution < 1.29 is 0 Å². The van der Waals surface area contributed by atoms with Crippen molar-refractivity contribution >= 4 is 102 Å². The highest BCUT2D eigenvalue weighted by molar-refractivity contribution is 7.20. The molecular formula is C48H36B2Cl4-2. The SMILES string of the molecule is Clc1ccc([B-](c2ccc(Cl)cc2)(c2ccc(Cl)cc2)c2ccc(Cl)cc2)cc1.c1ccc([B-](c2ccccc2)(c2ccccc2)c2ccccc2)cc1. The van der Waals surface area contributed by atoms with Crippen LogP contribution in [0, 0.1) is 0 Å². The van der Waals surface area contributed by atoms with E-state index in [-0.39, 0.29) is 0 Å². The molecule has 0 nitrogen and oxygen atoms in total. The van der Waals surface area contributed by atoms with Crippen LogP contribution in [0.1, 0.15) is 0 Å². The zero-order valence-corrected chi connectivity index (χ0v) is 32.5. The number of halogens is 4. The summed E-state index contributed by atoms with van der Waals surface area (Å²) < 4.78 is 0. The van der Waals surface area contributed by atoms with Crippen LogP contribution in [-0.2, 0) is 0 Å². The molecule has 54 heavy (non-hydrogen) atoms. The van der Waals surface area contributed by atoms with Gasteiger partial charge in [0.1, 0.15) is 12.3 Å². The lowest BCUT2D eigenvalue weighted by Crippen LogP contribution is -2.74. The van der Waals surface area contributed by atoms with Crippen molar-refractivity contribution in [3.63, 3.8) is 0 Å². The van der Waals surface area contributed by atoms with Crippen molar-refractivity contribution in [1.29, 1.82) is 0 Å². The van der Waals surface area contributed by atoms with E-state index in [2.05, 4.69) is 170 Å². The van der Waals surface area contributed by atoms with E-state index < -0.39 is 12.3 Å². The van der Waals surface area contributed by atoms with Crippen LogP contribution < -0.4 is 43.7 Å². The van der Waals surface area contributed by atoms with Crippen LogP contribution in [0.3, 0.4) is 0 Å². The molecular weight excluding hydrogens is 740 g/mol. The maximum Gasteiger partial charge on any atom is 0.108 e. The molecule has 0 saturated heterocycles. The van der Waals surface area contributed by atoms with E-state index >= 15 is 0 Å². The van der Waals surface area contributed by atoms with Gasteiger partial charge in [-0.25, -0.2) is 0 Å². The summed E-state index contributed by atoms with van der Waals surface area (Å²) in [7, 11) is 0. The average Bonchev–Trinajstić information content (AvgIpc) is 3.23. The summed E-state index contributed by atoms with van der Waals surface area (Å²) in [5, 5.41) is 2.78. The number of hydrogen-bond acceptors (Lipinski definition) is 0. The molecule has 0 aliphatic heterocycles. The molecule has 0 amide bonds. The highest BCUT2D eigenvalue weighted by Crippen LogP contribution is 2.17. The zero-order valence-electron chi connectivity index (χ0n) is 29.5. The summed E-state index contributed by atoms with van der Waals surface area (Å²) >= 11 is 24.9. The van der Waals surface area contributed by atoms with Gasteiger partial charge >= 0.3 is 0 Å². The molecule has 0 N–H and O–H groups in total. The van der Waals surface area contributed by atoms with Crippen molar-refractivity contribution in [2.75, 3.05) is 0 Å². The maximum atomic E-state index is 6.22. The summed E-state index contributed by atoms with van der Waals surface area (Å²) in [4.78, 5) is 0. The van der Waals surface area contributed by atoms with Crippen LogP contribution in [0.5, 0.6) is 0 Å². The van der Waals surface area contributed by atoms with Gasteiger partial charge in [-0.3, -0.25) is 0 Å². The summed E-state index contributed by atoms with van der Waals surface area (Å²) in [5.41, 5.74) is 9.92. The molecule has 0 aliphatic carbocycles. The van der Waals surface area contributed by atoms with Gasteiger partial charge in [-0.05, 0) is 48.5 Å². The van der Waals surface area contributed by atoms with Crippen molar-refractivity contribution in [2.24, 2.45) is 0 Å². The normalized spacial score (nSPS) is 11.3. The van der Waals surface area contributed by atoms with Gasteiger partial charge in [0.05, 0.1) is 0 Å². The minimum absolute atomic E-state index is 0.696. The van der Waals surface area contributed by atoms with Gasteiger partial charge in [0.25, 0.3) is 0 Å². The van der Waals surface area contributed by atoms with Gasteiger partial charge in [-0.1, -0.05) is 216 Å².